The zero-order valence-corrected chi connectivity index (χ0v) is 41.3. The van der Waals surface area contributed by atoms with E-state index in [-0.39, 0.29) is 16.2 Å². The normalized spacial score (nSPS) is 14.7. The molecule has 0 saturated carbocycles. The molecule has 0 N–H and O–H groups in total. The first-order valence-electron chi connectivity index (χ1n) is 25.2. The molecule has 10 aromatic rings. The quantitative estimate of drug-likeness (QED) is 0.150. The summed E-state index contributed by atoms with van der Waals surface area (Å²) in [7, 11) is 0. The van der Waals surface area contributed by atoms with Gasteiger partial charge < -0.3 is 9.80 Å². The lowest BCUT2D eigenvalue weighted by atomic mass is 9.81. The van der Waals surface area contributed by atoms with Crippen LogP contribution in [0.15, 0.2) is 231 Å². The highest BCUT2D eigenvalue weighted by atomic mass is 15.1. The third-order valence-corrected chi connectivity index (χ3v) is 16.3. The summed E-state index contributed by atoms with van der Waals surface area (Å²) >= 11 is 0. The van der Waals surface area contributed by atoms with Crippen LogP contribution in [-0.2, 0) is 16.2 Å². The molecule has 342 valence electrons. The van der Waals surface area contributed by atoms with Gasteiger partial charge in [0.15, 0.2) is 0 Å². The molecule has 2 heteroatoms. The van der Waals surface area contributed by atoms with E-state index >= 15 is 0 Å². The number of anilines is 6. The van der Waals surface area contributed by atoms with Gasteiger partial charge in [-0.25, -0.2) is 0 Å². The Morgan fingerprint density at radius 2 is 0.479 bits per heavy atom. The lowest BCUT2D eigenvalue weighted by Crippen LogP contribution is -2.16. The van der Waals surface area contributed by atoms with E-state index < -0.39 is 0 Å². The Morgan fingerprint density at radius 1 is 0.211 bits per heavy atom. The molecule has 0 saturated heterocycles. The van der Waals surface area contributed by atoms with Crippen molar-refractivity contribution >= 4 is 34.1 Å². The fourth-order valence-electron chi connectivity index (χ4n) is 12.4. The summed E-state index contributed by atoms with van der Waals surface area (Å²) < 4.78 is 0. The maximum atomic E-state index is 2.44. The molecule has 0 fully saturated rings. The van der Waals surface area contributed by atoms with Crippen molar-refractivity contribution in [3.63, 3.8) is 0 Å². The van der Waals surface area contributed by atoms with E-state index in [4.69, 9.17) is 0 Å². The van der Waals surface area contributed by atoms with Gasteiger partial charge in [0.25, 0.3) is 0 Å². The molecule has 10 aromatic carbocycles. The molecule has 0 unspecified atom stereocenters. The monoisotopic (exact) mass is 912 g/mol. The number of benzene rings is 10. The topological polar surface area (TPSA) is 6.48 Å². The summed E-state index contributed by atoms with van der Waals surface area (Å²) in [5.41, 5.74) is 27.7. The molecule has 13 rings (SSSR count). The first-order valence-corrected chi connectivity index (χ1v) is 25.2. The molecule has 3 aliphatic carbocycles. The van der Waals surface area contributed by atoms with Crippen molar-refractivity contribution in [1.82, 2.24) is 0 Å². The fourth-order valence-corrected chi connectivity index (χ4v) is 12.4. The van der Waals surface area contributed by atoms with Crippen LogP contribution in [0.25, 0.3) is 55.6 Å². The van der Waals surface area contributed by atoms with Gasteiger partial charge >= 0.3 is 0 Å². The largest absolute Gasteiger partial charge is 0.310 e. The minimum atomic E-state index is -0.174. The molecule has 0 radical (unpaired) electrons. The van der Waals surface area contributed by atoms with Crippen LogP contribution in [0.5, 0.6) is 0 Å². The van der Waals surface area contributed by atoms with E-state index in [9.17, 15) is 0 Å². The average molecular weight is 913 g/mol. The Labute approximate surface area is 419 Å². The number of hydrogen-bond donors (Lipinski definition) is 0. The number of rotatable bonds is 8. The molecule has 0 heterocycles. The highest BCUT2D eigenvalue weighted by Crippen LogP contribution is 2.54. The van der Waals surface area contributed by atoms with Crippen LogP contribution in [0.4, 0.5) is 34.1 Å². The lowest BCUT2D eigenvalue weighted by molar-refractivity contribution is 0.660. The maximum absolute atomic E-state index is 2.44. The zero-order valence-electron chi connectivity index (χ0n) is 41.3. The van der Waals surface area contributed by atoms with Crippen molar-refractivity contribution < 1.29 is 0 Å². The smallest absolute Gasteiger partial charge is 0.0465 e. The van der Waals surface area contributed by atoms with Crippen molar-refractivity contribution in [1.29, 1.82) is 0 Å². The first kappa shape index (κ1) is 42.9. The molecule has 0 aliphatic heterocycles. The number of fused-ring (bicyclic) bond motifs is 9. The molecule has 0 amide bonds. The van der Waals surface area contributed by atoms with Gasteiger partial charge in [0.1, 0.15) is 0 Å². The summed E-state index contributed by atoms with van der Waals surface area (Å²) in [6, 6.07) is 85.8. The SMILES string of the molecule is CC1(C)c2cc(-c3ccc(N(c4ccccc4)c4ccc5c(c4)C(C)(C)c4ccccc4-5)cc3)ccc2-c2ccc(-c3ccc(N(c4ccccc4)c4ccc5c(c4)C(C)(C)c4ccccc4-5)cc3)cc21. The summed E-state index contributed by atoms with van der Waals surface area (Å²) in [4.78, 5) is 4.79. The molecular formula is C69H56N2. The van der Waals surface area contributed by atoms with E-state index in [1.165, 1.54) is 89.0 Å². The predicted octanol–water partition coefficient (Wildman–Crippen LogP) is 18.9. The molecular weight excluding hydrogens is 857 g/mol. The van der Waals surface area contributed by atoms with Gasteiger partial charge in [0, 0.05) is 50.4 Å². The lowest BCUT2D eigenvalue weighted by Gasteiger charge is -2.28. The van der Waals surface area contributed by atoms with Gasteiger partial charge in [-0.1, -0.05) is 187 Å². The number of hydrogen-bond acceptors (Lipinski definition) is 2. The summed E-state index contributed by atoms with van der Waals surface area (Å²) in [6.07, 6.45) is 0. The maximum Gasteiger partial charge on any atom is 0.0465 e. The third kappa shape index (κ3) is 6.69. The van der Waals surface area contributed by atoms with Crippen molar-refractivity contribution in [3.05, 3.63) is 264 Å². The molecule has 0 bridgehead atoms. The van der Waals surface area contributed by atoms with E-state index in [2.05, 4.69) is 282 Å². The molecule has 3 aliphatic rings. The van der Waals surface area contributed by atoms with Gasteiger partial charge in [-0.05, 0) is 174 Å². The number of nitrogens with zero attached hydrogens (tertiary/aromatic N) is 2. The van der Waals surface area contributed by atoms with Gasteiger partial charge in [-0.3, -0.25) is 0 Å². The third-order valence-electron chi connectivity index (χ3n) is 16.3. The van der Waals surface area contributed by atoms with Crippen LogP contribution >= 0.6 is 0 Å². The van der Waals surface area contributed by atoms with Crippen LogP contribution in [-0.4, -0.2) is 0 Å². The van der Waals surface area contributed by atoms with Gasteiger partial charge in [-0.2, -0.15) is 0 Å². The molecule has 0 atom stereocenters. The minimum absolute atomic E-state index is 0.0795. The summed E-state index contributed by atoms with van der Waals surface area (Å²) in [5.74, 6) is 0. The standard InChI is InChI=1S/C69H56N2/c1-67(2)61-23-15-13-21-55(61)59-39-35-53(43-65(59)67)70(49-17-9-7-10-18-49)51-31-25-45(26-32-51)47-29-37-57-58-38-30-48(42-64(58)69(5,6)63(57)41-47)46-27-33-52(34-28-46)71(50-19-11-8-12-20-50)54-36-40-60-56-22-14-16-24-62(56)68(3,4)66(60)44-54/h7-44H,1-6H3. The van der Waals surface area contributed by atoms with Crippen molar-refractivity contribution in [2.45, 2.75) is 57.8 Å². The van der Waals surface area contributed by atoms with Crippen LogP contribution < -0.4 is 9.80 Å². The Bertz CT molecular complexity index is 3460. The Hall–Kier alpha value is -8.20. The second-order valence-electron chi connectivity index (χ2n) is 21.4. The van der Waals surface area contributed by atoms with Crippen LogP contribution in [0.2, 0.25) is 0 Å². The van der Waals surface area contributed by atoms with E-state index in [1.54, 1.807) is 0 Å². The highest BCUT2D eigenvalue weighted by molar-refractivity contribution is 5.90. The average Bonchev–Trinajstić information content (AvgIpc) is 3.89. The predicted molar refractivity (Wildman–Crippen MR) is 299 cm³/mol. The van der Waals surface area contributed by atoms with Crippen molar-refractivity contribution in [3.8, 4) is 55.6 Å². The van der Waals surface area contributed by atoms with Gasteiger partial charge in [0.2, 0.25) is 0 Å². The van der Waals surface area contributed by atoms with E-state index in [0.29, 0.717) is 0 Å². The summed E-state index contributed by atoms with van der Waals surface area (Å²) in [5, 5.41) is 0. The van der Waals surface area contributed by atoms with Crippen LogP contribution in [0.3, 0.4) is 0 Å². The van der Waals surface area contributed by atoms with E-state index in [1.807, 2.05) is 0 Å². The highest BCUT2D eigenvalue weighted by Gasteiger charge is 2.38. The summed E-state index contributed by atoms with van der Waals surface area (Å²) in [6.45, 7) is 14.2. The van der Waals surface area contributed by atoms with Crippen molar-refractivity contribution in [2.75, 3.05) is 9.80 Å². The molecule has 2 nitrogen and oxygen atoms in total. The molecule has 0 aromatic heterocycles. The van der Waals surface area contributed by atoms with E-state index in [0.717, 1.165) is 34.1 Å². The Balaban J connectivity index is 0.790. The molecule has 0 spiro atoms. The minimum Gasteiger partial charge on any atom is -0.310 e. The molecule has 71 heavy (non-hydrogen) atoms. The van der Waals surface area contributed by atoms with Gasteiger partial charge in [-0.15, -0.1) is 0 Å². The van der Waals surface area contributed by atoms with Crippen LogP contribution in [0.1, 0.15) is 74.9 Å². The fraction of sp³-hybridized carbons (Fsp3) is 0.130. The first-order chi connectivity index (χ1) is 34.5. The number of para-hydroxylation sites is 2. The zero-order chi connectivity index (χ0) is 48.2. The van der Waals surface area contributed by atoms with Crippen molar-refractivity contribution in [2.24, 2.45) is 0 Å². The Kier molecular flexibility index (Phi) is 9.61. The second-order valence-corrected chi connectivity index (χ2v) is 21.4. The Morgan fingerprint density at radius 3 is 0.873 bits per heavy atom. The second kappa shape index (κ2) is 15.9. The van der Waals surface area contributed by atoms with Gasteiger partial charge in [0.05, 0.1) is 0 Å². The van der Waals surface area contributed by atoms with Crippen LogP contribution in [0, 0.1) is 0 Å².